The lowest BCUT2D eigenvalue weighted by Gasteiger charge is -2.25. The number of rotatable bonds is 3. The van der Waals surface area contributed by atoms with Crippen LogP contribution in [-0.2, 0) is 5.75 Å². The fourth-order valence-corrected chi connectivity index (χ4v) is 5.40. The van der Waals surface area contributed by atoms with Gasteiger partial charge in [-0.15, -0.1) is 0 Å². The van der Waals surface area contributed by atoms with Crippen molar-refractivity contribution in [2.45, 2.75) is 55.9 Å². The highest BCUT2D eigenvalue weighted by molar-refractivity contribution is 7.99. The van der Waals surface area contributed by atoms with Crippen LogP contribution in [0.25, 0.3) is 0 Å². The molecular weight excluding hydrogens is 236 g/mol. The van der Waals surface area contributed by atoms with Gasteiger partial charge in [0, 0.05) is 11.0 Å². The van der Waals surface area contributed by atoms with Gasteiger partial charge in [0.25, 0.3) is 0 Å². The van der Waals surface area contributed by atoms with Crippen LogP contribution in [0, 0.1) is 11.8 Å². The Morgan fingerprint density at radius 3 is 2.56 bits per heavy atom. The van der Waals surface area contributed by atoms with E-state index in [1.54, 1.807) is 0 Å². The molecule has 1 heteroatoms. The molecule has 0 N–H and O–H groups in total. The van der Waals surface area contributed by atoms with Gasteiger partial charge in [-0.3, -0.25) is 0 Å². The van der Waals surface area contributed by atoms with E-state index in [1.807, 2.05) is 0 Å². The van der Waals surface area contributed by atoms with Crippen LogP contribution in [0.4, 0.5) is 0 Å². The van der Waals surface area contributed by atoms with Gasteiger partial charge in [0.2, 0.25) is 0 Å². The van der Waals surface area contributed by atoms with Crippen molar-refractivity contribution in [3.63, 3.8) is 0 Å². The molecule has 0 aromatic heterocycles. The van der Waals surface area contributed by atoms with Crippen molar-refractivity contribution < 1.29 is 0 Å². The summed E-state index contributed by atoms with van der Waals surface area (Å²) >= 11 is 2.24. The maximum Gasteiger partial charge on any atom is 0.0187 e. The first-order valence-electron chi connectivity index (χ1n) is 7.59. The Kier molecular flexibility index (Phi) is 4.30. The third-order valence-electron chi connectivity index (χ3n) is 4.82. The largest absolute Gasteiger partial charge is 0.153 e. The van der Waals surface area contributed by atoms with Gasteiger partial charge < -0.3 is 0 Å². The molecule has 98 valence electrons. The second-order valence-corrected chi connectivity index (χ2v) is 7.20. The Bertz CT molecular complexity index is 359. The van der Waals surface area contributed by atoms with E-state index in [9.17, 15) is 0 Å². The van der Waals surface area contributed by atoms with Gasteiger partial charge in [0.1, 0.15) is 0 Å². The van der Waals surface area contributed by atoms with Crippen LogP contribution in [0.1, 0.15) is 50.5 Å². The van der Waals surface area contributed by atoms with Gasteiger partial charge in [-0.1, -0.05) is 62.4 Å². The molecule has 0 bridgehead atoms. The van der Waals surface area contributed by atoms with E-state index in [0.29, 0.717) is 0 Å². The van der Waals surface area contributed by atoms with Crippen LogP contribution in [-0.4, -0.2) is 5.25 Å². The molecule has 2 fully saturated rings. The number of hydrogen-bond acceptors (Lipinski definition) is 1. The standard InChI is InChI=1S/C17H24S/c1-2-7-14(8-3-1)13-18-17-12-5-4-9-15-10-6-11-16(15)17/h1-3,7-8,15-17H,4-6,9-13H2. The molecule has 1 aromatic rings. The Balaban J connectivity index is 1.60. The maximum absolute atomic E-state index is 2.27. The molecule has 0 radical (unpaired) electrons. The molecule has 3 atom stereocenters. The van der Waals surface area contributed by atoms with Crippen LogP contribution < -0.4 is 0 Å². The van der Waals surface area contributed by atoms with Crippen molar-refractivity contribution in [2.75, 3.05) is 0 Å². The predicted octanol–water partition coefficient (Wildman–Crippen LogP) is 5.28. The zero-order chi connectivity index (χ0) is 12.2. The van der Waals surface area contributed by atoms with E-state index in [-0.39, 0.29) is 0 Å². The highest BCUT2D eigenvalue weighted by Crippen LogP contribution is 2.45. The molecule has 1 aromatic carbocycles. The summed E-state index contributed by atoms with van der Waals surface area (Å²) in [6, 6.07) is 11.0. The molecule has 18 heavy (non-hydrogen) atoms. The summed E-state index contributed by atoms with van der Waals surface area (Å²) in [6.07, 6.45) is 10.5. The topological polar surface area (TPSA) is 0 Å². The normalized spacial score (nSPS) is 31.9. The van der Waals surface area contributed by atoms with Crippen molar-refractivity contribution in [3.05, 3.63) is 35.9 Å². The minimum absolute atomic E-state index is 0.945. The van der Waals surface area contributed by atoms with Gasteiger partial charge in [0.05, 0.1) is 0 Å². The number of hydrogen-bond donors (Lipinski definition) is 0. The molecule has 2 aliphatic rings. The Labute approximate surface area is 116 Å². The molecule has 2 aliphatic carbocycles. The van der Waals surface area contributed by atoms with Gasteiger partial charge >= 0.3 is 0 Å². The Morgan fingerprint density at radius 1 is 0.889 bits per heavy atom. The molecule has 0 heterocycles. The second-order valence-electron chi connectivity index (χ2n) is 5.97. The first-order valence-corrected chi connectivity index (χ1v) is 8.64. The lowest BCUT2D eigenvalue weighted by atomic mass is 9.91. The van der Waals surface area contributed by atoms with Crippen LogP contribution in [0.15, 0.2) is 30.3 Å². The molecule has 0 saturated heterocycles. The van der Waals surface area contributed by atoms with Crippen molar-refractivity contribution >= 4 is 11.8 Å². The van der Waals surface area contributed by atoms with E-state index in [1.165, 1.54) is 56.3 Å². The smallest absolute Gasteiger partial charge is 0.0187 e. The lowest BCUT2D eigenvalue weighted by Crippen LogP contribution is -2.19. The predicted molar refractivity (Wildman–Crippen MR) is 80.8 cm³/mol. The third-order valence-corrected chi connectivity index (χ3v) is 6.33. The fourth-order valence-electron chi connectivity index (χ4n) is 3.86. The van der Waals surface area contributed by atoms with Crippen LogP contribution in [0.3, 0.4) is 0 Å². The first kappa shape index (κ1) is 12.6. The minimum atomic E-state index is 0.945. The molecule has 3 rings (SSSR count). The van der Waals surface area contributed by atoms with E-state index in [0.717, 1.165) is 17.1 Å². The maximum atomic E-state index is 2.27. The summed E-state index contributed by atoms with van der Waals surface area (Å²) in [5, 5.41) is 0.945. The molecular formula is C17H24S. The van der Waals surface area contributed by atoms with Gasteiger partial charge in [0.15, 0.2) is 0 Å². The van der Waals surface area contributed by atoms with Crippen molar-refractivity contribution in [1.29, 1.82) is 0 Å². The zero-order valence-electron chi connectivity index (χ0n) is 11.2. The number of benzene rings is 1. The number of thioether (sulfide) groups is 1. The second kappa shape index (κ2) is 6.14. The van der Waals surface area contributed by atoms with E-state index in [2.05, 4.69) is 42.1 Å². The van der Waals surface area contributed by atoms with E-state index in [4.69, 9.17) is 0 Å². The molecule has 0 nitrogen and oxygen atoms in total. The van der Waals surface area contributed by atoms with Gasteiger partial charge in [-0.05, 0) is 30.2 Å². The zero-order valence-corrected chi connectivity index (χ0v) is 12.0. The molecule has 0 amide bonds. The average Bonchev–Trinajstić information content (AvgIpc) is 2.80. The van der Waals surface area contributed by atoms with Crippen molar-refractivity contribution in [3.8, 4) is 0 Å². The van der Waals surface area contributed by atoms with Crippen LogP contribution >= 0.6 is 11.8 Å². The quantitative estimate of drug-likeness (QED) is 0.712. The Hall–Kier alpha value is -0.430. The van der Waals surface area contributed by atoms with Crippen LogP contribution in [0.5, 0.6) is 0 Å². The number of fused-ring (bicyclic) bond motifs is 1. The fraction of sp³-hybridized carbons (Fsp3) is 0.647. The van der Waals surface area contributed by atoms with Crippen LogP contribution in [0.2, 0.25) is 0 Å². The Morgan fingerprint density at radius 2 is 1.67 bits per heavy atom. The third kappa shape index (κ3) is 2.93. The average molecular weight is 260 g/mol. The van der Waals surface area contributed by atoms with Crippen molar-refractivity contribution in [2.24, 2.45) is 11.8 Å². The summed E-state index contributed by atoms with van der Waals surface area (Å²) in [7, 11) is 0. The molecule has 3 unspecified atom stereocenters. The highest BCUT2D eigenvalue weighted by atomic mass is 32.2. The molecule has 0 spiro atoms. The summed E-state index contributed by atoms with van der Waals surface area (Å²) in [5.41, 5.74) is 1.50. The summed E-state index contributed by atoms with van der Waals surface area (Å²) in [5.74, 6) is 3.33. The van der Waals surface area contributed by atoms with E-state index < -0.39 is 0 Å². The van der Waals surface area contributed by atoms with Crippen molar-refractivity contribution in [1.82, 2.24) is 0 Å². The van der Waals surface area contributed by atoms with Gasteiger partial charge in [-0.2, -0.15) is 11.8 Å². The summed E-state index contributed by atoms with van der Waals surface area (Å²) in [4.78, 5) is 0. The lowest BCUT2D eigenvalue weighted by molar-refractivity contribution is 0.375. The minimum Gasteiger partial charge on any atom is -0.153 e. The summed E-state index contributed by atoms with van der Waals surface area (Å²) < 4.78 is 0. The SMILES string of the molecule is c1ccc(CSC2CCCCC3CCCC32)cc1. The molecule has 2 saturated carbocycles. The monoisotopic (exact) mass is 260 g/mol. The first-order chi connectivity index (χ1) is 8.93. The van der Waals surface area contributed by atoms with Gasteiger partial charge in [-0.25, -0.2) is 0 Å². The summed E-state index contributed by atoms with van der Waals surface area (Å²) in [6.45, 7) is 0. The molecule has 0 aliphatic heterocycles. The van der Waals surface area contributed by atoms with E-state index >= 15 is 0 Å². The highest BCUT2D eigenvalue weighted by Gasteiger charge is 2.34.